The van der Waals surface area contributed by atoms with Crippen molar-refractivity contribution < 1.29 is 28.2 Å². The summed E-state index contributed by atoms with van der Waals surface area (Å²) in [6.07, 6.45) is 2.45. The highest BCUT2D eigenvalue weighted by molar-refractivity contribution is 6.16. The molecule has 1 aromatic heterocycles. The van der Waals surface area contributed by atoms with Crippen molar-refractivity contribution in [1.29, 1.82) is 0 Å². The number of methoxy groups -OCH3 is 1. The molecule has 1 heterocycles. The van der Waals surface area contributed by atoms with E-state index in [9.17, 15) is 18.8 Å². The maximum absolute atomic E-state index is 13.1. The number of aromatic nitrogens is 1. The van der Waals surface area contributed by atoms with Crippen LogP contribution in [0.25, 0.3) is 10.9 Å². The van der Waals surface area contributed by atoms with E-state index < -0.39 is 23.0 Å². The minimum atomic E-state index is -1.16. The molecular formula is C29H24FN3O5. The monoisotopic (exact) mass is 513 g/mol. The Morgan fingerprint density at radius 3 is 2.03 bits per heavy atom. The molecule has 1 aliphatic rings. The molecule has 1 aliphatic carbocycles. The smallest absolute Gasteiger partial charge is 0.240 e. The third-order valence-electron chi connectivity index (χ3n) is 6.46. The highest BCUT2D eigenvalue weighted by Gasteiger charge is 2.56. The molecule has 1 fully saturated rings. The van der Waals surface area contributed by atoms with Gasteiger partial charge in [-0.1, -0.05) is 0 Å². The van der Waals surface area contributed by atoms with E-state index in [2.05, 4.69) is 15.6 Å². The van der Waals surface area contributed by atoms with E-state index >= 15 is 0 Å². The van der Waals surface area contributed by atoms with Crippen molar-refractivity contribution in [2.24, 2.45) is 5.41 Å². The lowest BCUT2D eigenvalue weighted by Gasteiger charge is -2.16. The fourth-order valence-corrected chi connectivity index (χ4v) is 4.13. The molecule has 2 N–H and O–H groups in total. The molecule has 0 unspecified atom stereocenters. The van der Waals surface area contributed by atoms with E-state index in [1.54, 1.807) is 48.7 Å². The first-order valence-corrected chi connectivity index (χ1v) is 11.9. The third-order valence-corrected chi connectivity index (χ3v) is 6.46. The molecule has 0 radical (unpaired) electrons. The number of hydrogen-bond donors (Lipinski definition) is 2. The standard InChI is InChI=1S/C29H24FN3O5/c1-17(34)22-15-23-24(16-26(22)37-2)31-14-11-25(23)38-21-9-7-20(8-10-21)33-28(36)29(12-13-29)27(35)32-19-5-3-18(30)4-6-19/h3-11,14-16H,12-13H2,1-2H3,(H,32,35)(H,33,36). The minimum absolute atomic E-state index is 0.140. The number of halogens is 1. The summed E-state index contributed by atoms with van der Waals surface area (Å²) in [6.45, 7) is 1.46. The lowest BCUT2D eigenvalue weighted by molar-refractivity contribution is -0.131. The summed E-state index contributed by atoms with van der Waals surface area (Å²) in [5, 5.41) is 6.14. The summed E-state index contributed by atoms with van der Waals surface area (Å²) in [6, 6.07) is 17.2. The summed E-state index contributed by atoms with van der Waals surface area (Å²) < 4.78 is 24.5. The zero-order valence-corrected chi connectivity index (χ0v) is 20.7. The Kier molecular flexibility index (Phi) is 6.50. The van der Waals surface area contributed by atoms with Crippen molar-refractivity contribution in [3.8, 4) is 17.2 Å². The maximum Gasteiger partial charge on any atom is 0.240 e. The Hall–Kier alpha value is -4.79. The molecule has 192 valence electrons. The van der Waals surface area contributed by atoms with Gasteiger partial charge in [0.05, 0.1) is 18.2 Å². The number of ketones is 1. The van der Waals surface area contributed by atoms with Crippen LogP contribution in [0.2, 0.25) is 0 Å². The van der Waals surface area contributed by atoms with Crippen LogP contribution in [-0.2, 0) is 9.59 Å². The number of pyridine rings is 1. The van der Waals surface area contributed by atoms with Crippen LogP contribution >= 0.6 is 0 Å². The number of nitrogens with one attached hydrogen (secondary N) is 2. The van der Waals surface area contributed by atoms with Gasteiger partial charge in [-0.2, -0.15) is 0 Å². The lowest BCUT2D eigenvalue weighted by atomic mass is 10.0. The van der Waals surface area contributed by atoms with Crippen LogP contribution in [0, 0.1) is 11.2 Å². The summed E-state index contributed by atoms with van der Waals surface area (Å²) >= 11 is 0. The number of rotatable bonds is 8. The van der Waals surface area contributed by atoms with Crippen molar-refractivity contribution in [2.75, 3.05) is 17.7 Å². The molecule has 8 nitrogen and oxygen atoms in total. The van der Waals surface area contributed by atoms with Gasteiger partial charge in [-0.15, -0.1) is 0 Å². The number of carbonyl (C=O) groups is 3. The quantitative estimate of drug-likeness (QED) is 0.230. The van der Waals surface area contributed by atoms with Gasteiger partial charge < -0.3 is 20.1 Å². The van der Waals surface area contributed by atoms with Gasteiger partial charge in [0, 0.05) is 29.0 Å². The molecule has 3 aromatic carbocycles. The largest absolute Gasteiger partial charge is 0.496 e. The zero-order chi connectivity index (χ0) is 26.9. The molecule has 2 amide bonds. The number of fused-ring (bicyclic) bond motifs is 1. The summed E-state index contributed by atoms with van der Waals surface area (Å²) in [4.78, 5) is 42.1. The van der Waals surface area contributed by atoms with E-state index in [-0.39, 0.29) is 5.78 Å². The SMILES string of the molecule is COc1cc2nccc(Oc3ccc(NC(=O)C4(C(=O)Nc5ccc(F)cc5)CC4)cc3)c2cc1C(C)=O. The second-order valence-electron chi connectivity index (χ2n) is 9.06. The van der Waals surface area contributed by atoms with Crippen LogP contribution < -0.4 is 20.1 Å². The number of anilines is 2. The predicted octanol–water partition coefficient (Wildman–Crippen LogP) is 5.73. The van der Waals surface area contributed by atoms with Crippen LogP contribution in [0.5, 0.6) is 17.2 Å². The molecule has 5 rings (SSSR count). The van der Waals surface area contributed by atoms with Gasteiger partial charge in [0.25, 0.3) is 0 Å². The van der Waals surface area contributed by atoms with Gasteiger partial charge in [-0.3, -0.25) is 19.4 Å². The van der Waals surface area contributed by atoms with E-state index in [1.807, 2.05) is 0 Å². The Morgan fingerprint density at radius 2 is 1.47 bits per heavy atom. The fraction of sp³-hybridized carbons (Fsp3) is 0.172. The molecule has 0 bridgehead atoms. The number of nitrogens with zero attached hydrogens (tertiary/aromatic N) is 1. The number of ether oxygens (including phenoxy) is 2. The normalized spacial score (nSPS) is 13.4. The van der Waals surface area contributed by atoms with Crippen molar-refractivity contribution in [2.45, 2.75) is 19.8 Å². The molecule has 0 saturated heterocycles. The number of benzene rings is 3. The van der Waals surface area contributed by atoms with E-state index in [1.165, 1.54) is 38.3 Å². The van der Waals surface area contributed by atoms with Crippen molar-refractivity contribution in [3.05, 3.63) is 84.3 Å². The Morgan fingerprint density at radius 1 is 0.868 bits per heavy atom. The predicted molar refractivity (Wildman–Crippen MR) is 140 cm³/mol. The molecule has 38 heavy (non-hydrogen) atoms. The van der Waals surface area contributed by atoms with Crippen LogP contribution in [0.3, 0.4) is 0 Å². The van der Waals surface area contributed by atoms with Crippen molar-refractivity contribution >= 4 is 39.9 Å². The Bertz CT molecular complexity index is 1550. The van der Waals surface area contributed by atoms with Gasteiger partial charge in [0.1, 0.15) is 28.5 Å². The molecule has 1 saturated carbocycles. The average Bonchev–Trinajstić information content (AvgIpc) is 3.73. The highest BCUT2D eigenvalue weighted by atomic mass is 19.1. The molecule has 9 heteroatoms. The fourth-order valence-electron chi connectivity index (χ4n) is 4.13. The first-order valence-electron chi connectivity index (χ1n) is 11.9. The lowest BCUT2D eigenvalue weighted by Crippen LogP contribution is -2.35. The molecule has 0 atom stereocenters. The van der Waals surface area contributed by atoms with Crippen molar-refractivity contribution in [1.82, 2.24) is 4.98 Å². The summed E-state index contributed by atoms with van der Waals surface area (Å²) in [5.41, 5.74) is 0.811. The topological polar surface area (TPSA) is 107 Å². The third kappa shape index (κ3) is 4.90. The summed E-state index contributed by atoms with van der Waals surface area (Å²) in [5.74, 6) is 0.0712. The molecular weight excluding hydrogens is 489 g/mol. The average molecular weight is 514 g/mol. The van der Waals surface area contributed by atoms with Crippen LogP contribution in [0.1, 0.15) is 30.1 Å². The van der Waals surface area contributed by atoms with E-state index in [0.29, 0.717) is 57.9 Å². The van der Waals surface area contributed by atoms with Gasteiger partial charge in [0.15, 0.2) is 5.78 Å². The van der Waals surface area contributed by atoms with Crippen LogP contribution in [0.4, 0.5) is 15.8 Å². The summed E-state index contributed by atoms with van der Waals surface area (Å²) in [7, 11) is 1.50. The Labute approximate surface area is 217 Å². The van der Waals surface area contributed by atoms with Crippen molar-refractivity contribution in [3.63, 3.8) is 0 Å². The molecule has 0 spiro atoms. The highest BCUT2D eigenvalue weighted by Crippen LogP contribution is 2.47. The van der Waals surface area contributed by atoms with Crippen LogP contribution in [0.15, 0.2) is 72.9 Å². The number of amides is 2. The number of carbonyl (C=O) groups excluding carboxylic acids is 3. The molecule has 4 aromatic rings. The first kappa shape index (κ1) is 24.9. The zero-order valence-electron chi connectivity index (χ0n) is 20.7. The van der Waals surface area contributed by atoms with Gasteiger partial charge in [-0.25, -0.2) is 4.39 Å². The van der Waals surface area contributed by atoms with E-state index in [4.69, 9.17) is 9.47 Å². The second-order valence-corrected chi connectivity index (χ2v) is 9.06. The Balaban J connectivity index is 1.28. The van der Waals surface area contributed by atoms with Gasteiger partial charge in [0.2, 0.25) is 11.8 Å². The maximum atomic E-state index is 13.1. The van der Waals surface area contributed by atoms with Crippen LogP contribution in [-0.4, -0.2) is 29.7 Å². The second kappa shape index (κ2) is 9.93. The first-order chi connectivity index (χ1) is 18.3. The number of hydrogen-bond acceptors (Lipinski definition) is 6. The van der Waals surface area contributed by atoms with Gasteiger partial charge >= 0.3 is 0 Å². The minimum Gasteiger partial charge on any atom is -0.496 e. The van der Waals surface area contributed by atoms with Gasteiger partial charge in [-0.05, 0) is 80.4 Å². The number of Topliss-reactive ketones (excluding diaryl/α,β-unsaturated/α-hetero) is 1. The van der Waals surface area contributed by atoms with E-state index in [0.717, 1.165) is 0 Å². The molecule has 0 aliphatic heterocycles.